The van der Waals surface area contributed by atoms with Crippen LogP contribution in [0, 0.1) is 0 Å². The third-order valence-electron chi connectivity index (χ3n) is 2.95. The number of hydrazine groups is 1. The van der Waals surface area contributed by atoms with Crippen LogP contribution in [0.3, 0.4) is 0 Å². The first-order chi connectivity index (χ1) is 9.51. The molecule has 7 heteroatoms. The summed E-state index contributed by atoms with van der Waals surface area (Å²) in [6.45, 7) is 1.88. The third-order valence-corrected chi connectivity index (χ3v) is 3.19. The number of hydrogen-bond donors (Lipinski definition) is 3. The number of nitrogens with two attached hydrogens (primary N) is 1. The van der Waals surface area contributed by atoms with Gasteiger partial charge in [0, 0.05) is 23.8 Å². The van der Waals surface area contributed by atoms with E-state index in [1.54, 1.807) is 29.1 Å². The lowest BCUT2D eigenvalue weighted by Crippen LogP contribution is -2.27. The number of aromatic nitrogens is 2. The van der Waals surface area contributed by atoms with Gasteiger partial charge >= 0.3 is 0 Å². The van der Waals surface area contributed by atoms with E-state index in [4.69, 9.17) is 17.4 Å². The summed E-state index contributed by atoms with van der Waals surface area (Å²) in [6, 6.07) is 4.73. The monoisotopic (exact) mass is 293 g/mol. The Bertz CT molecular complexity index is 625. The number of aryl methyl sites for hydroxylation is 1. The summed E-state index contributed by atoms with van der Waals surface area (Å²) < 4.78 is 1.68. The number of anilines is 1. The van der Waals surface area contributed by atoms with Crippen LogP contribution in [0.15, 0.2) is 30.6 Å². The van der Waals surface area contributed by atoms with Gasteiger partial charge in [-0.3, -0.25) is 15.3 Å². The zero-order valence-corrected chi connectivity index (χ0v) is 12.0. The number of nitrogens with one attached hydrogen (secondary N) is 2. The molecule has 0 bridgehead atoms. The van der Waals surface area contributed by atoms with Crippen molar-refractivity contribution in [1.82, 2.24) is 15.1 Å². The SMILES string of the molecule is CC(NC(=O)c1cc(Cl)ccc1NN)c1cnn(C)c1. The van der Waals surface area contributed by atoms with Crippen LogP contribution in [0.5, 0.6) is 0 Å². The first kappa shape index (κ1) is 14.4. The number of nitrogen functional groups attached to an aromatic ring is 1. The minimum Gasteiger partial charge on any atom is -0.345 e. The van der Waals surface area contributed by atoms with Gasteiger partial charge in [0.2, 0.25) is 0 Å². The van der Waals surface area contributed by atoms with Crippen molar-refractivity contribution in [2.24, 2.45) is 12.9 Å². The minimum absolute atomic E-state index is 0.166. The average molecular weight is 294 g/mol. The van der Waals surface area contributed by atoms with Crippen molar-refractivity contribution in [2.45, 2.75) is 13.0 Å². The average Bonchev–Trinajstić information content (AvgIpc) is 2.85. The molecule has 1 atom stereocenters. The molecule has 1 amide bonds. The van der Waals surface area contributed by atoms with E-state index in [1.165, 1.54) is 0 Å². The second kappa shape index (κ2) is 5.94. The topological polar surface area (TPSA) is 85.0 Å². The molecule has 106 valence electrons. The van der Waals surface area contributed by atoms with Crippen molar-refractivity contribution in [3.63, 3.8) is 0 Å². The molecule has 6 nitrogen and oxygen atoms in total. The molecular weight excluding hydrogens is 278 g/mol. The zero-order valence-electron chi connectivity index (χ0n) is 11.2. The molecular formula is C13H16ClN5O. The molecule has 0 aliphatic rings. The van der Waals surface area contributed by atoms with Crippen molar-refractivity contribution in [2.75, 3.05) is 5.43 Å². The molecule has 1 aromatic carbocycles. The second-order valence-corrected chi connectivity index (χ2v) is 4.91. The number of carbonyl (C=O) groups is 1. The van der Waals surface area contributed by atoms with Crippen LogP contribution < -0.4 is 16.6 Å². The van der Waals surface area contributed by atoms with E-state index in [2.05, 4.69) is 15.8 Å². The van der Waals surface area contributed by atoms with Crippen LogP contribution in [0.4, 0.5) is 5.69 Å². The molecule has 0 radical (unpaired) electrons. The minimum atomic E-state index is -0.253. The maximum absolute atomic E-state index is 12.3. The molecule has 20 heavy (non-hydrogen) atoms. The van der Waals surface area contributed by atoms with Crippen LogP contribution >= 0.6 is 11.6 Å². The van der Waals surface area contributed by atoms with Crippen LogP contribution in [0.2, 0.25) is 5.02 Å². The first-order valence-electron chi connectivity index (χ1n) is 6.07. The smallest absolute Gasteiger partial charge is 0.253 e. The highest BCUT2D eigenvalue weighted by molar-refractivity contribution is 6.31. The lowest BCUT2D eigenvalue weighted by atomic mass is 10.1. The van der Waals surface area contributed by atoms with E-state index in [0.29, 0.717) is 16.3 Å². The highest BCUT2D eigenvalue weighted by atomic mass is 35.5. The van der Waals surface area contributed by atoms with E-state index in [9.17, 15) is 4.79 Å². The van der Waals surface area contributed by atoms with E-state index in [0.717, 1.165) is 5.56 Å². The van der Waals surface area contributed by atoms with Gasteiger partial charge in [-0.05, 0) is 25.1 Å². The van der Waals surface area contributed by atoms with Crippen molar-refractivity contribution >= 4 is 23.2 Å². The van der Waals surface area contributed by atoms with Crippen molar-refractivity contribution in [3.05, 3.63) is 46.7 Å². The highest BCUT2D eigenvalue weighted by Gasteiger charge is 2.16. The Morgan fingerprint density at radius 2 is 2.25 bits per heavy atom. The second-order valence-electron chi connectivity index (χ2n) is 4.48. The summed E-state index contributed by atoms with van der Waals surface area (Å²) in [5, 5.41) is 7.43. The first-order valence-corrected chi connectivity index (χ1v) is 6.44. The highest BCUT2D eigenvalue weighted by Crippen LogP contribution is 2.21. The molecule has 1 unspecified atom stereocenters. The summed E-state index contributed by atoms with van der Waals surface area (Å²) in [5.74, 6) is 5.14. The number of benzene rings is 1. The lowest BCUT2D eigenvalue weighted by Gasteiger charge is -2.14. The Hall–Kier alpha value is -2.05. The molecule has 0 saturated carbocycles. The van der Waals surface area contributed by atoms with Crippen LogP contribution in [-0.4, -0.2) is 15.7 Å². The largest absolute Gasteiger partial charge is 0.345 e. The number of carbonyl (C=O) groups excluding carboxylic acids is 1. The van der Waals surface area contributed by atoms with E-state index in [1.807, 2.05) is 20.2 Å². The number of hydrogen-bond acceptors (Lipinski definition) is 4. The lowest BCUT2D eigenvalue weighted by molar-refractivity contribution is 0.0940. The molecule has 0 fully saturated rings. The van der Waals surface area contributed by atoms with Gasteiger partial charge in [-0.1, -0.05) is 11.6 Å². The number of halogens is 1. The normalized spacial score (nSPS) is 12.0. The Labute approximate surface area is 121 Å². The van der Waals surface area contributed by atoms with Crippen LogP contribution in [0.1, 0.15) is 28.9 Å². The maximum atomic E-state index is 12.3. The Morgan fingerprint density at radius 3 is 2.85 bits per heavy atom. The number of nitrogens with zero attached hydrogens (tertiary/aromatic N) is 2. The van der Waals surface area contributed by atoms with Gasteiger partial charge in [0.15, 0.2) is 0 Å². The summed E-state index contributed by atoms with van der Waals surface area (Å²) >= 11 is 5.91. The summed E-state index contributed by atoms with van der Waals surface area (Å²) in [5.41, 5.74) is 4.32. The molecule has 2 rings (SSSR count). The molecule has 0 saturated heterocycles. The molecule has 4 N–H and O–H groups in total. The number of amides is 1. The predicted molar refractivity (Wildman–Crippen MR) is 78.4 cm³/mol. The molecule has 0 aliphatic heterocycles. The maximum Gasteiger partial charge on any atom is 0.253 e. The van der Waals surface area contributed by atoms with E-state index >= 15 is 0 Å². The Kier molecular flexibility index (Phi) is 4.26. The molecule has 2 aromatic rings. The molecule has 0 aliphatic carbocycles. The van der Waals surface area contributed by atoms with Crippen molar-refractivity contribution in [1.29, 1.82) is 0 Å². The standard InChI is InChI=1S/C13H16ClN5O/c1-8(9-6-16-19(2)7-9)17-13(20)11-5-10(14)3-4-12(11)18-15/h3-8,18H,15H2,1-2H3,(H,17,20). The molecule has 0 spiro atoms. The zero-order chi connectivity index (χ0) is 14.7. The summed E-state index contributed by atoms with van der Waals surface area (Å²) in [6.07, 6.45) is 3.57. The summed E-state index contributed by atoms with van der Waals surface area (Å²) in [4.78, 5) is 12.3. The van der Waals surface area contributed by atoms with Crippen LogP contribution in [-0.2, 0) is 7.05 Å². The van der Waals surface area contributed by atoms with Gasteiger partial charge in [0.25, 0.3) is 5.91 Å². The Balaban J connectivity index is 2.18. The summed E-state index contributed by atoms with van der Waals surface area (Å²) in [7, 11) is 1.82. The van der Waals surface area contributed by atoms with Gasteiger partial charge in [0.1, 0.15) is 0 Å². The van der Waals surface area contributed by atoms with Gasteiger partial charge in [-0.25, -0.2) is 0 Å². The van der Waals surface area contributed by atoms with Crippen molar-refractivity contribution in [3.8, 4) is 0 Å². The fourth-order valence-electron chi connectivity index (χ4n) is 1.85. The van der Waals surface area contributed by atoms with Crippen LogP contribution in [0.25, 0.3) is 0 Å². The van der Waals surface area contributed by atoms with Gasteiger partial charge in [-0.2, -0.15) is 5.10 Å². The van der Waals surface area contributed by atoms with Gasteiger partial charge in [-0.15, -0.1) is 0 Å². The van der Waals surface area contributed by atoms with Crippen molar-refractivity contribution < 1.29 is 4.79 Å². The van der Waals surface area contributed by atoms with Gasteiger partial charge in [0.05, 0.1) is 23.5 Å². The predicted octanol–water partition coefficient (Wildman–Crippen LogP) is 1.85. The third kappa shape index (κ3) is 3.09. The fraction of sp³-hybridized carbons (Fsp3) is 0.231. The quantitative estimate of drug-likeness (QED) is 0.593. The van der Waals surface area contributed by atoms with E-state index < -0.39 is 0 Å². The Morgan fingerprint density at radius 1 is 1.50 bits per heavy atom. The van der Waals surface area contributed by atoms with E-state index in [-0.39, 0.29) is 11.9 Å². The fourth-order valence-corrected chi connectivity index (χ4v) is 2.02. The van der Waals surface area contributed by atoms with Gasteiger partial charge < -0.3 is 10.7 Å². The number of rotatable bonds is 4. The molecule has 1 aromatic heterocycles. The molecule has 1 heterocycles.